The monoisotopic (exact) mass is 343 g/mol. The normalized spacial score (nSPS) is 16.2. The van der Waals surface area contributed by atoms with E-state index in [1.807, 2.05) is 24.3 Å². The van der Waals surface area contributed by atoms with E-state index in [2.05, 4.69) is 41.2 Å². The third kappa shape index (κ3) is 4.44. The van der Waals surface area contributed by atoms with Crippen LogP contribution in [0.4, 0.5) is 5.69 Å². The number of hydrogen-bond donors (Lipinski definition) is 1. The smallest absolute Gasteiger partial charge is 0.265 e. The van der Waals surface area contributed by atoms with Crippen molar-refractivity contribution in [1.82, 2.24) is 9.80 Å². The number of carbonyl (C=O) groups is 1. The molecule has 0 spiro atoms. The summed E-state index contributed by atoms with van der Waals surface area (Å²) >= 11 is 1.57. The molecule has 24 heavy (non-hydrogen) atoms. The van der Waals surface area contributed by atoms with Gasteiger partial charge in [0.05, 0.1) is 4.88 Å². The molecule has 5 heteroatoms. The molecule has 1 saturated heterocycles. The van der Waals surface area contributed by atoms with E-state index in [4.69, 9.17) is 0 Å². The van der Waals surface area contributed by atoms with E-state index in [9.17, 15) is 4.79 Å². The van der Waals surface area contributed by atoms with Gasteiger partial charge >= 0.3 is 0 Å². The Kier molecular flexibility index (Phi) is 5.66. The molecule has 2 heterocycles. The number of likely N-dealkylation sites (N-methyl/N-ethyl adjacent to an activating group) is 1. The van der Waals surface area contributed by atoms with Crippen LogP contribution in [-0.2, 0) is 13.0 Å². The fourth-order valence-electron chi connectivity index (χ4n) is 2.89. The lowest BCUT2D eigenvalue weighted by Gasteiger charge is -2.32. The van der Waals surface area contributed by atoms with Gasteiger partial charge in [-0.05, 0) is 43.3 Å². The van der Waals surface area contributed by atoms with Gasteiger partial charge in [-0.3, -0.25) is 9.69 Å². The van der Waals surface area contributed by atoms with Gasteiger partial charge in [0.25, 0.3) is 5.91 Å². The molecule has 128 valence electrons. The molecule has 1 aromatic heterocycles. The summed E-state index contributed by atoms with van der Waals surface area (Å²) in [5.74, 6) is -0.0172. The van der Waals surface area contributed by atoms with Gasteiger partial charge < -0.3 is 10.2 Å². The van der Waals surface area contributed by atoms with Crippen LogP contribution in [0.25, 0.3) is 0 Å². The van der Waals surface area contributed by atoms with Crippen LogP contribution in [0.15, 0.2) is 36.4 Å². The van der Waals surface area contributed by atoms with E-state index >= 15 is 0 Å². The first-order valence-corrected chi connectivity index (χ1v) is 9.35. The molecule has 1 N–H and O–H groups in total. The Labute approximate surface area is 148 Å². The van der Waals surface area contributed by atoms with Crippen LogP contribution in [0, 0.1) is 0 Å². The first kappa shape index (κ1) is 17.1. The van der Waals surface area contributed by atoms with Crippen molar-refractivity contribution in [2.45, 2.75) is 19.9 Å². The number of hydrogen-bond acceptors (Lipinski definition) is 4. The zero-order chi connectivity index (χ0) is 16.9. The number of anilines is 1. The summed E-state index contributed by atoms with van der Waals surface area (Å²) in [5.41, 5.74) is 2.12. The van der Waals surface area contributed by atoms with Crippen LogP contribution in [0.1, 0.15) is 27.0 Å². The number of nitrogens with zero attached hydrogens (tertiary/aromatic N) is 2. The molecule has 0 aliphatic carbocycles. The molecule has 1 aliphatic heterocycles. The van der Waals surface area contributed by atoms with Crippen LogP contribution < -0.4 is 5.32 Å². The van der Waals surface area contributed by atoms with Crippen molar-refractivity contribution in [2.75, 3.05) is 38.5 Å². The number of carbonyl (C=O) groups excluding carboxylic acids is 1. The minimum atomic E-state index is -0.0172. The topological polar surface area (TPSA) is 35.6 Å². The Bertz CT molecular complexity index is 689. The summed E-state index contributed by atoms with van der Waals surface area (Å²) in [6.45, 7) is 7.49. The van der Waals surface area contributed by atoms with E-state index in [1.165, 1.54) is 10.4 Å². The number of amides is 1. The SMILES string of the molecule is CCc1ccc(C(=O)Nc2cccc(CN3CCN(C)CC3)c2)s1. The molecule has 0 bridgehead atoms. The van der Waals surface area contributed by atoms with Crippen LogP contribution in [0.3, 0.4) is 0 Å². The van der Waals surface area contributed by atoms with Gasteiger partial charge in [0.1, 0.15) is 0 Å². The standard InChI is InChI=1S/C19H25N3OS/c1-3-17-7-8-18(24-17)19(23)20-16-6-4-5-15(13-16)14-22-11-9-21(2)10-12-22/h4-8,13H,3,9-12,14H2,1-2H3,(H,20,23). The third-order valence-electron chi connectivity index (χ3n) is 4.42. The number of benzene rings is 1. The average molecular weight is 343 g/mol. The fraction of sp³-hybridized carbons (Fsp3) is 0.421. The quantitative estimate of drug-likeness (QED) is 0.905. The molecule has 0 saturated carbocycles. The highest BCUT2D eigenvalue weighted by Gasteiger charge is 2.14. The van der Waals surface area contributed by atoms with Crippen molar-refractivity contribution in [2.24, 2.45) is 0 Å². The molecular weight excluding hydrogens is 318 g/mol. The molecule has 0 atom stereocenters. The summed E-state index contributed by atoms with van der Waals surface area (Å²) in [7, 11) is 2.17. The maximum Gasteiger partial charge on any atom is 0.265 e. The lowest BCUT2D eigenvalue weighted by Crippen LogP contribution is -2.43. The van der Waals surface area contributed by atoms with E-state index in [1.54, 1.807) is 11.3 Å². The molecule has 1 aliphatic rings. The van der Waals surface area contributed by atoms with Crippen molar-refractivity contribution >= 4 is 22.9 Å². The van der Waals surface area contributed by atoms with Gasteiger partial charge in [-0.2, -0.15) is 0 Å². The van der Waals surface area contributed by atoms with Crippen LogP contribution in [-0.4, -0.2) is 48.9 Å². The zero-order valence-corrected chi connectivity index (χ0v) is 15.2. The van der Waals surface area contributed by atoms with Gasteiger partial charge in [0, 0.05) is 43.3 Å². The largest absolute Gasteiger partial charge is 0.321 e. The molecule has 3 rings (SSSR count). The Balaban J connectivity index is 1.61. The second-order valence-corrected chi connectivity index (χ2v) is 7.52. The highest BCUT2D eigenvalue weighted by atomic mass is 32.1. The van der Waals surface area contributed by atoms with Gasteiger partial charge in [-0.15, -0.1) is 11.3 Å². The molecule has 0 unspecified atom stereocenters. The predicted molar refractivity (Wildman–Crippen MR) is 101 cm³/mol. The highest BCUT2D eigenvalue weighted by molar-refractivity contribution is 7.14. The average Bonchev–Trinajstić information content (AvgIpc) is 3.07. The van der Waals surface area contributed by atoms with Crippen molar-refractivity contribution in [1.29, 1.82) is 0 Å². The highest BCUT2D eigenvalue weighted by Crippen LogP contribution is 2.20. The minimum absolute atomic E-state index is 0.0172. The summed E-state index contributed by atoms with van der Waals surface area (Å²) in [5, 5.41) is 3.03. The number of nitrogens with one attached hydrogen (secondary N) is 1. The second kappa shape index (κ2) is 7.92. The Morgan fingerprint density at radius 3 is 2.67 bits per heavy atom. The molecule has 4 nitrogen and oxygen atoms in total. The van der Waals surface area contributed by atoms with Gasteiger partial charge in [0.2, 0.25) is 0 Å². The Hall–Kier alpha value is -1.69. The van der Waals surface area contributed by atoms with Crippen molar-refractivity contribution in [3.8, 4) is 0 Å². The summed E-state index contributed by atoms with van der Waals surface area (Å²) < 4.78 is 0. The molecule has 1 amide bonds. The maximum absolute atomic E-state index is 12.4. The maximum atomic E-state index is 12.4. The van der Waals surface area contributed by atoms with Gasteiger partial charge in [0.15, 0.2) is 0 Å². The van der Waals surface area contributed by atoms with E-state index in [0.717, 1.165) is 49.7 Å². The van der Waals surface area contributed by atoms with Crippen LogP contribution >= 0.6 is 11.3 Å². The molecule has 1 fully saturated rings. The number of rotatable bonds is 5. The minimum Gasteiger partial charge on any atom is -0.321 e. The summed E-state index contributed by atoms with van der Waals surface area (Å²) in [6.07, 6.45) is 0.971. The van der Waals surface area contributed by atoms with Gasteiger partial charge in [-0.1, -0.05) is 19.1 Å². The van der Waals surface area contributed by atoms with Crippen molar-refractivity contribution < 1.29 is 4.79 Å². The Morgan fingerprint density at radius 1 is 1.17 bits per heavy atom. The summed E-state index contributed by atoms with van der Waals surface area (Å²) in [6, 6.07) is 12.1. The number of piperazine rings is 1. The first-order chi connectivity index (χ1) is 11.6. The van der Waals surface area contributed by atoms with E-state index in [-0.39, 0.29) is 5.91 Å². The molecule has 1 aromatic carbocycles. The van der Waals surface area contributed by atoms with E-state index < -0.39 is 0 Å². The second-order valence-electron chi connectivity index (χ2n) is 6.35. The van der Waals surface area contributed by atoms with Crippen LogP contribution in [0.5, 0.6) is 0 Å². The third-order valence-corrected chi connectivity index (χ3v) is 5.65. The lowest BCUT2D eigenvalue weighted by molar-refractivity contribution is 0.103. The Morgan fingerprint density at radius 2 is 1.96 bits per heavy atom. The van der Waals surface area contributed by atoms with E-state index in [0.29, 0.717) is 0 Å². The zero-order valence-electron chi connectivity index (χ0n) is 14.4. The molecule has 2 aromatic rings. The lowest BCUT2D eigenvalue weighted by atomic mass is 10.1. The van der Waals surface area contributed by atoms with Crippen molar-refractivity contribution in [3.63, 3.8) is 0 Å². The number of aryl methyl sites for hydroxylation is 1. The van der Waals surface area contributed by atoms with Crippen molar-refractivity contribution in [3.05, 3.63) is 51.7 Å². The first-order valence-electron chi connectivity index (χ1n) is 8.54. The number of thiophene rings is 1. The summed E-state index contributed by atoms with van der Waals surface area (Å²) in [4.78, 5) is 19.2. The molecular formula is C19H25N3OS. The fourth-order valence-corrected chi connectivity index (χ4v) is 3.74. The van der Waals surface area contributed by atoms with Gasteiger partial charge in [-0.25, -0.2) is 0 Å². The molecule has 0 radical (unpaired) electrons. The predicted octanol–water partition coefficient (Wildman–Crippen LogP) is 3.31. The van der Waals surface area contributed by atoms with Crippen LogP contribution in [0.2, 0.25) is 0 Å².